The first-order valence-electron chi connectivity index (χ1n) is 10.8. The van der Waals surface area contributed by atoms with Crippen LogP contribution in [-0.2, 0) is 4.79 Å². The van der Waals surface area contributed by atoms with E-state index >= 15 is 0 Å². The summed E-state index contributed by atoms with van der Waals surface area (Å²) in [5.74, 6) is 1.27. The van der Waals surface area contributed by atoms with E-state index in [4.69, 9.17) is 16.3 Å². The molecule has 0 aliphatic heterocycles. The van der Waals surface area contributed by atoms with Crippen LogP contribution in [0.1, 0.15) is 30.0 Å². The second-order valence-corrected chi connectivity index (χ2v) is 9.16. The van der Waals surface area contributed by atoms with E-state index in [1.54, 1.807) is 6.07 Å². The number of nitrogens with one attached hydrogen (secondary N) is 1. The van der Waals surface area contributed by atoms with E-state index in [0.717, 1.165) is 22.5 Å². The van der Waals surface area contributed by atoms with Gasteiger partial charge in [0.1, 0.15) is 5.75 Å². The molecule has 0 radical (unpaired) electrons. The largest absolute Gasteiger partial charge is 0.481 e. The minimum absolute atomic E-state index is 0.105. The molecule has 8 heteroatoms. The quantitative estimate of drug-likeness (QED) is 0.288. The standard InChI is InChI=1S/C26H25ClN4O2S/c1-17-10-9-11-18(2)24(17)28-23(32)16-34-26-30-29-25(31(26)20-12-5-4-6-13-20)19(3)33-22-15-8-7-14-21(22)27/h4-15,19H,16H2,1-3H3,(H,28,32). The van der Waals surface area contributed by atoms with Gasteiger partial charge in [0.2, 0.25) is 5.91 Å². The van der Waals surface area contributed by atoms with Crippen LogP contribution < -0.4 is 10.1 Å². The molecule has 174 valence electrons. The van der Waals surface area contributed by atoms with Crippen molar-refractivity contribution >= 4 is 35.0 Å². The SMILES string of the molecule is Cc1cccc(C)c1NC(=O)CSc1nnc(C(C)Oc2ccccc2Cl)n1-c1ccccc1. The first kappa shape index (κ1) is 23.9. The van der Waals surface area contributed by atoms with E-state index in [9.17, 15) is 4.79 Å². The van der Waals surface area contributed by atoms with Crippen LogP contribution in [0.4, 0.5) is 5.69 Å². The van der Waals surface area contributed by atoms with Gasteiger partial charge in [-0.15, -0.1) is 10.2 Å². The van der Waals surface area contributed by atoms with E-state index in [0.29, 0.717) is 21.8 Å². The van der Waals surface area contributed by atoms with E-state index in [1.165, 1.54) is 11.8 Å². The number of ether oxygens (including phenoxy) is 1. The average molecular weight is 493 g/mol. The highest BCUT2D eigenvalue weighted by molar-refractivity contribution is 7.99. The Morgan fingerprint density at radius 1 is 1.00 bits per heavy atom. The number of hydrogen-bond acceptors (Lipinski definition) is 5. The zero-order valence-corrected chi connectivity index (χ0v) is 20.7. The number of amides is 1. The summed E-state index contributed by atoms with van der Waals surface area (Å²) in [4.78, 5) is 12.7. The molecule has 0 saturated carbocycles. The van der Waals surface area contributed by atoms with E-state index < -0.39 is 6.10 Å². The van der Waals surface area contributed by atoms with Crippen LogP contribution in [0.15, 0.2) is 78.0 Å². The molecule has 0 bridgehead atoms. The summed E-state index contributed by atoms with van der Waals surface area (Å²) in [6.45, 7) is 5.86. The molecule has 1 aromatic heterocycles. The Labute approximate surface area is 208 Å². The highest BCUT2D eigenvalue weighted by atomic mass is 35.5. The van der Waals surface area contributed by atoms with Crippen molar-refractivity contribution in [2.75, 3.05) is 11.1 Å². The Kier molecular flexibility index (Phi) is 7.55. The molecule has 0 spiro atoms. The Morgan fingerprint density at radius 2 is 1.68 bits per heavy atom. The molecule has 1 atom stereocenters. The van der Waals surface area contributed by atoms with Gasteiger partial charge >= 0.3 is 0 Å². The van der Waals surface area contributed by atoms with Crippen LogP contribution in [0.25, 0.3) is 5.69 Å². The third kappa shape index (κ3) is 5.43. The zero-order chi connectivity index (χ0) is 24.1. The Morgan fingerprint density at radius 3 is 2.38 bits per heavy atom. The molecule has 0 aliphatic rings. The Hall–Kier alpha value is -3.29. The monoisotopic (exact) mass is 492 g/mol. The lowest BCUT2D eigenvalue weighted by molar-refractivity contribution is -0.113. The highest BCUT2D eigenvalue weighted by Crippen LogP contribution is 2.31. The molecule has 34 heavy (non-hydrogen) atoms. The number of aryl methyl sites for hydroxylation is 2. The predicted octanol–water partition coefficient (Wildman–Crippen LogP) is 6.41. The minimum Gasteiger partial charge on any atom is -0.481 e. The van der Waals surface area contributed by atoms with Crippen molar-refractivity contribution in [3.05, 3.63) is 94.8 Å². The van der Waals surface area contributed by atoms with Crippen molar-refractivity contribution in [2.45, 2.75) is 32.0 Å². The molecule has 1 amide bonds. The molecule has 3 aromatic carbocycles. The number of nitrogens with zero attached hydrogens (tertiary/aromatic N) is 3. The Balaban J connectivity index is 1.56. The van der Waals surface area contributed by atoms with Crippen molar-refractivity contribution in [2.24, 2.45) is 0 Å². The second-order valence-electron chi connectivity index (χ2n) is 7.81. The van der Waals surface area contributed by atoms with Gasteiger partial charge in [-0.05, 0) is 56.2 Å². The number of thioether (sulfide) groups is 1. The van der Waals surface area contributed by atoms with Crippen LogP contribution in [0, 0.1) is 13.8 Å². The van der Waals surface area contributed by atoms with Crippen molar-refractivity contribution in [1.29, 1.82) is 0 Å². The van der Waals surface area contributed by atoms with Crippen LogP contribution in [0.3, 0.4) is 0 Å². The average Bonchev–Trinajstić information content (AvgIpc) is 3.26. The molecule has 1 N–H and O–H groups in total. The van der Waals surface area contributed by atoms with Crippen LogP contribution in [0.5, 0.6) is 5.75 Å². The third-order valence-corrected chi connectivity index (χ3v) is 6.50. The number of benzene rings is 3. The van der Waals surface area contributed by atoms with Gasteiger partial charge in [-0.25, -0.2) is 0 Å². The predicted molar refractivity (Wildman–Crippen MR) is 137 cm³/mol. The summed E-state index contributed by atoms with van der Waals surface area (Å²) >= 11 is 7.60. The fourth-order valence-electron chi connectivity index (χ4n) is 3.56. The number of halogens is 1. The van der Waals surface area contributed by atoms with E-state index in [-0.39, 0.29) is 11.7 Å². The smallest absolute Gasteiger partial charge is 0.234 e. The molecule has 0 saturated heterocycles. The van der Waals surface area contributed by atoms with Gasteiger partial charge in [0.05, 0.1) is 10.8 Å². The van der Waals surface area contributed by atoms with Gasteiger partial charge in [0.25, 0.3) is 0 Å². The number of carbonyl (C=O) groups is 1. The van der Waals surface area contributed by atoms with Gasteiger partial charge in [-0.2, -0.15) is 0 Å². The molecule has 6 nitrogen and oxygen atoms in total. The van der Waals surface area contributed by atoms with Crippen molar-refractivity contribution in [3.63, 3.8) is 0 Å². The second kappa shape index (κ2) is 10.8. The molecule has 0 aliphatic carbocycles. The maximum absolute atomic E-state index is 12.7. The Bertz CT molecular complexity index is 1270. The summed E-state index contributed by atoms with van der Waals surface area (Å²) < 4.78 is 8.01. The summed E-state index contributed by atoms with van der Waals surface area (Å²) in [6.07, 6.45) is -0.426. The first-order valence-corrected chi connectivity index (χ1v) is 12.2. The number of rotatable bonds is 8. The van der Waals surface area contributed by atoms with E-state index in [1.807, 2.05) is 92.1 Å². The van der Waals surface area contributed by atoms with E-state index in [2.05, 4.69) is 15.5 Å². The molecule has 1 heterocycles. The lowest BCUT2D eigenvalue weighted by atomic mass is 10.1. The van der Waals surface area contributed by atoms with Crippen molar-refractivity contribution < 1.29 is 9.53 Å². The van der Waals surface area contributed by atoms with Gasteiger partial charge in [0, 0.05) is 11.4 Å². The normalized spacial score (nSPS) is 11.8. The number of aromatic nitrogens is 3. The maximum Gasteiger partial charge on any atom is 0.234 e. The molecule has 1 unspecified atom stereocenters. The van der Waals surface area contributed by atoms with Crippen molar-refractivity contribution in [3.8, 4) is 11.4 Å². The van der Waals surface area contributed by atoms with Gasteiger partial charge in [0.15, 0.2) is 17.1 Å². The number of hydrogen-bond donors (Lipinski definition) is 1. The lowest BCUT2D eigenvalue weighted by Crippen LogP contribution is -2.16. The van der Waals surface area contributed by atoms with Gasteiger partial charge < -0.3 is 10.1 Å². The number of carbonyl (C=O) groups excluding carboxylic acids is 1. The number of anilines is 1. The van der Waals surface area contributed by atoms with Crippen molar-refractivity contribution in [1.82, 2.24) is 14.8 Å². The summed E-state index contributed by atoms with van der Waals surface area (Å²) in [7, 11) is 0. The fourth-order valence-corrected chi connectivity index (χ4v) is 4.50. The molecule has 4 rings (SSSR count). The molecule has 4 aromatic rings. The topological polar surface area (TPSA) is 69.0 Å². The fraction of sp³-hybridized carbons (Fsp3) is 0.192. The minimum atomic E-state index is -0.426. The molecular formula is C26H25ClN4O2S. The number of para-hydroxylation sites is 3. The summed E-state index contributed by atoms with van der Waals surface area (Å²) in [5, 5.41) is 12.9. The third-order valence-electron chi connectivity index (χ3n) is 5.25. The first-order chi connectivity index (χ1) is 16.4. The van der Waals surface area contributed by atoms with Crippen LogP contribution in [-0.4, -0.2) is 26.4 Å². The van der Waals surface area contributed by atoms with Crippen LogP contribution in [0.2, 0.25) is 5.02 Å². The molecular weight excluding hydrogens is 468 g/mol. The summed E-state index contributed by atoms with van der Waals surface area (Å²) in [6, 6.07) is 23.0. The van der Waals surface area contributed by atoms with Crippen LogP contribution >= 0.6 is 23.4 Å². The zero-order valence-electron chi connectivity index (χ0n) is 19.2. The van der Waals surface area contributed by atoms with Gasteiger partial charge in [-0.1, -0.05) is 71.9 Å². The lowest BCUT2D eigenvalue weighted by Gasteiger charge is -2.17. The maximum atomic E-state index is 12.7. The molecule has 0 fully saturated rings. The summed E-state index contributed by atoms with van der Waals surface area (Å²) in [5.41, 5.74) is 3.78. The highest BCUT2D eigenvalue weighted by Gasteiger charge is 2.22. The van der Waals surface area contributed by atoms with Gasteiger partial charge in [-0.3, -0.25) is 9.36 Å².